The standard InChI is InChI=1S/C18H20N2/c1-5-17(18-9-7-6-8-13(18)2)15(4)14(3)16-10-19-12-20-11-16/h5-12,14H,4H2,1-3H3/b17-5-. The molecule has 1 heterocycles. The summed E-state index contributed by atoms with van der Waals surface area (Å²) in [5, 5.41) is 0. The number of hydrogen-bond acceptors (Lipinski definition) is 2. The van der Waals surface area contributed by atoms with Crippen LogP contribution in [0.1, 0.15) is 36.5 Å². The molecule has 2 aromatic rings. The number of rotatable bonds is 4. The number of aromatic nitrogens is 2. The molecular formula is C18H20N2. The predicted molar refractivity (Wildman–Crippen MR) is 84.4 cm³/mol. The summed E-state index contributed by atoms with van der Waals surface area (Å²) in [4.78, 5) is 8.18. The third kappa shape index (κ3) is 2.85. The molecular weight excluding hydrogens is 244 g/mol. The van der Waals surface area contributed by atoms with E-state index < -0.39 is 0 Å². The Kier molecular flexibility index (Phi) is 4.46. The van der Waals surface area contributed by atoms with Crippen LogP contribution >= 0.6 is 0 Å². The van der Waals surface area contributed by atoms with Crippen LogP contribution in [0.3, 0.4) is 0 Å². The van der Waals surface area contributed by atoms with Crippen LogP contribution < -0.4 is 0 Å². The van der Waals surface area contributed by atoms with Crippen LogP contribution in [-0.4, -0.2) is 9.97 Å². The second kappa shape index (κ2) is 6.29. The first kappa shape index (κ1) is 14.2. The largest absolute Gasteiger partial charge is 0.245 e. The van der Waals surface area contributed by atoms with Crippen LogP contribution in [0, 0.1) is 6.92 Å². The van der Waals surface area contributed by atoms with Gasteiger partial charge in [-0.1, -0.05) is 43.8 Å². The van der Waals surface area contributed by atoms with Gasteiger partial charge in [-0.3, -0.25) is 0 Å². The van der Waals surface area contributed by atoms with E-state index in [9.17, 15) is 0 Å². The smallest absolute Gasteiger partial charge is 0.115 e. The topological polar surface area (TPSA) is 25.8 Å². The molecule has 1 atom stereocenters. The van der Waals surface area contributed by atoms with E-state index in [1.54, 1.807) is 6.33 Å². The highest BCUT2D eigenvalue weighted by Crippen LogP contribution is 2.34. The van der Waals surface area contributed by atoms with Gasteiger partial charge < -0.3 is 0 Å². The van der Waals surface area contributed by atoms with E-state index >= 15 is 0 Å². The Bertz CT molecular complexity index is 627. The Morgan fingerprint density at radius 1 is 1.20 bits per heavy atom. The van der Waals surface area contributed by atoms with Gasteiger partial charge in [-0.25, -0.2) is 9.97 Å². The maximum Gasteiger partial charge on any atom is 0.115 e. The Balaban J connectivity index is 2.34. The molecule has 0 aliphatic carbocycles. The fourth-order valence-electron chi connectivity index (χ4n) is 2.36. The van der Waals surface area contributed by atoms with Gasteiger partial charge in [-0.15, -0.1) is 0 Å². The summed E-state index contributed by atoms with van der Waals surface area (Å²) >= 11 is 0. The second-order valence-corrected chi connectivity index (χ2v) is 4.94. The molecule has 1 aromatic heterocycles. The fraction of sp³-hybridized carbons (Fsp3) is 0.222. The lowest BCUT2D eigenvalue weighted by Crippen LogP contribution is -2.02. The third-order valence-corrected chi connectivity index (χ3v) is 3.67. The van der Waals surface area contributed by atoms with Crippen molar-refractivity contribution < 1.29 is 0 Å². The van der Waals surface area contributed by atoms with E-state index in [0.717, 1.165) is 11.1 Å². The summed E-state index contributed by atoms with van der Waals surface area (Å²) in [6.07, 6.45) is 7.39. The minimum Gasteiger partial charge on any atom is -0.245 e. The van der Waals surface area contributed by atoms with E-state index in [1.165, 1.54) is 16.7 Å². The zero-order valence-corrected chi connectivity index (χ0v) is 12.3. The highest BCUT2D eigenvalue weighted by atomic mass is 14.8. The molecule has 2 heteroatoms. The molecule has 0 bridgehead atoms. The molecule has 20 heavy (non-hydrogen) atoms. The lowest BCUT2D eigenvalue weighted by atomic mass is 9.85. The van der Waals surface area contributed by atoms with Crippen molar-refractivity contribution in [1.82, 2.24) is 9.97 Å². The second-order valence-electron chi connectivity index (χ2n) is 4.94. The zero-order chi connectivity index (χ0) is 14.5. The number of hydrogen-bond donors (Lipinski definition) is 0. The number of nitrogens with zero attached hydrogens (tertiary/aromatic N) is 2. The lowest BCUT2D eigenvalue weighted by molar-refractivity contribution is 0.901. The van der Waals surface area contributed by atoms with Gasteiger partial charge in [0.2, 0.25) is 0 Å². The van der Waals surface area contributed by atoms with Crippen LogP contribution in [0.5, 0.6) is 0 Å². The van der Waals surface area contributed by atoms with Gasteiger partial charge in [0.05, 0.1) is 0 Å². The number of allylic oxidation sites excluding steroid dienone is 3. The Morgan fingerprint density at radius 3 is 2.45 bits per heavy atom. The maximum atomic E-state index is 4.30. The molecule has 102 valence electrons. The van der Waals surface area contributed by atoms with Crippen LogP contribution in [0.25, 0.3) is 5.57 Å². The third-order valence-electron chi connectivity index (χ3n) is 3.67. The molecule has 0 aliphatic heterocycles. The molecule has 1 unspecified atom stereocenters. The van der Waals surface area contributed by atoms with Gasteiger partial charge >= 0.3 is 0 Å². The highest BCUT2D eigenvalue weighted by Gasteiger charge is 2.15. The van der Waals surface area contributed by atoms with E-state index in [0.29, 0.717) is 0 Å². The van der Waals surface area contributed by atoms with Crippen LogP contribution in [-0.2, 0) is 0 Å². The molecule has 0 spiro atoms. The summed E-state index contributed by atoms with van der Waals surface area (Å²) in [5.41, 5.74) is 5.88. The Labute approximate surface area is 120 Å². The Morgan fingerprint density at radius 2 is 1.85 bits per heavy atom. The maximum absolute atomic E-state index is 4.30. The van der Waals surface area contributed by atoms with Crippen molar-refractivity contribution in [3.05, 3.63) is 77.9 Å². The first-order chi connectivity index (χ1) is 9.65. The van der Waals surface area contributed by atoms with E-state index in [4.69, 9.17) is 0 Å². The van der Waals surface area contributed by atoms with Crippen LogP contribution in [0.15, 0.2) is 61.2 Å². The monoisotopic (exact) mass is 264 g/mol. The SMILES string of the molecule is C=C(/C(=C/C)c1ccccc1C)C(C)c1cncnc1. The molecule has 0 saturated carbocycles. The van der Waals surface area contributed by atoms with Gasteiger partial charge in [0, 0.05) is 18.3 Å². The van der Waals surface area contributed by atoms with E-state index in [-0.39, 0.29) is 5.92 Å². The molecule has 2 rings (SSSR count). The molecule has 0 N–H and O–H groups in total. The average molecular weight is 264 g/mol. The molecule has 2 nitrogen and oxygen atoms in total. The highest BCUT2D eigenvalue weighted by molar-refractivity contribution is 5.81. The summed E-state index contributed by atoms with van der Waals surface area (Å²) in [5.74, 6) is 0.196. The summed E-state index contributed by atoms with van der Waals surface area (Å²) < 4.78 is 0. The van der Waals surface area contributed by atoms with Gasteiger partial charge in [-0.2, -0.15) is 0 Å². The minimum absolute atomic E-state index is 0.196. The zero-order valence-electron chi connectivity index (χ0n) is 12.3. The van der Waals surface area contributed by atoms with Crippen molar-refractivity contribution in [1.29, 1.82) is 0 Å². The Hall–Kier alpha value is -2.22. The summed E-state index contributed by atoms with van der Waals surface area (Å²) in [6, 6.07) is 8.39. The molecule has 1 aromatic carbocycles. The molecule has 0 fully saturated rings. The molecule has 0 aliphatic rings. The summed E-state index contributed by atoms with van der Waals surface area (Å²) in [7, 11) is 0. The normalized spacial score (nSPS) is 13.1. The van der Waals surface area contributed by atoms with Gasteiger partial charge in [0.1, 0.15) is 6.33 Å². The van der Waals surface area contributed by atoms with Crippen molar-refractivity contribution in [2.45, 2.75) is 26.7 Å². The molecule has 0 radical (unpaired) electrons. The van der Waals surface area contributed by atoms with E-state index in [2.05, 4.69) is 67.7 Å². The van der Waals surface area contributed by atoms with Crippen LogP contribution in [0.2, 0.25) is 0 Å². The average Bonchev–Trinajstić information content (AvgIpc) is 2.50. The molecule has 0 amide bonds. The fourth-order valence-corrected chi connectivity index (χ4v) is 2.36. The minimum atomic E-state index is 0.196. The predicted octanol–water partition coefficient (Wildman–Crippen LogP) is 4.55. The van der Waals surface area contributed by atoms with E-state index in [1.807, 2.05) is 12.4 Å². The van der Waals surface area contributed by atoms with Crippen molar-refractivity contribution in [3.63, 3.8) is 0 Å². The number of benzene rings is 1. The van der Waals surface area contributed by atoms with Crippen molar-refractivity contribution in [2.24, 2.45) is 0 Å². The first-order valence-electron chi connectivity index (χ1n) is 6.81. The summed E-state index contributed by atoms with van der Waals surface area (Å²) in [6.45, 7) is 10.6. The quantitative estimate of drug-likeness (QED) is 0.757. The van der Waals surface area contributed by atoms with Gasteiger partial charge in [0.15, 0.2) is 0 Å². The first-order valence-corrected chi connectivity index (χ1v) is 6.81. The van der Waals surface area contributed by atoms with Crippen LogP contribution in [0.4, 0.5) is 0 Å². The lowest BCUT2D eigenvalue weighted by Gasteiger charge is -2.19. The van der Waals surface area contributed by atoms with Crippen molar-refractivity contribution >= 4 is 5.57 Å². The van der Waals surface area contributed by atoms with Gasteiger partial charge in [-0.05, 0) is 41.7 Å². The molecule has 0 saturated heterocycles. The van der Waals surface area contributed by atoms with Gasteiger partial charge in [0.25, 0.3) is 0 Å². The van der Waals surface area contributed by atoms with Crippen molar-refractivity contribution in [2.75, 3.05) is 0 Å². The van der Waals surface area contributed by atoms with Crippen molar-refractivity contribution in [3.8, 4) is 0 Å². The number of aryl methyl sites for hydroxylation is 1.